The predicted octanol–water partition coefficient (Wildman–Crippen LogP) is 0.673. The van der Waals surface area contributed by atoms with Crippen molar-refractivity contribution in [1.82, 2.24) is 0 Å². The van der Waals surface area contributed by atoms with Crippen LogP contribution in [0.1, 0.15) is 19.4 Å². The molecule has 0 bridgehead atoms. The summed E-state index contributed by atoms with van der Waals surface area (Å²) < 4.78 is 10.2. The third kappa shape index (κ3) is 4.76. The van der Waals surface area contributed by atoms with Gasteiger partial charge in [0.1, 0.15) is 0 Å². The van der Waals surface area contributed by atoms with Crippen LogP contribution in [-0.4, -0.2) is 44.9 Å². The first-order valence-corrected chi connectivity index (χ1v) is 6.23. The summed E-state index contributed by atoms with van der Waals surface area (Å²) in [6.45, 7) is 2.61. The Morgan fingerprint density at radius 2 is 1.68 bits per heavy atom. The summed E-state index contributed by atoms with van der Waals surface area (Å²) in [4.78, 5) is 22.0. The van der Waals surface area contributed by atoms with E-state index in [-0.39, 0.29) is 17.1 Å². The molecule has 0 spiro atoms. The first-order valence-electron chi connectivity index (χ1n) is 6.23. The van der Waals surface area contributed by atoms with Crippen LogP contribution in [0.4, 0.5) is 0 Å². The zero-order chi connectivity index (χ0) is 16.9. The number of ether oxygens (including phenoxy) is 2. The molecule has 2 atom stereocenters. The maximum Gasteiger partial charge on any atom is 0.336 e. The second kappa shape index (κ2) is 7.43. The zero-order valence-corrected chi connectivity index (χ0v) is 11.9. The van der Waals surface area contributed by atoms with Crippen LogP contribution in [0.5, 0.6) is 11.5 Å². The van der Waals surface area contributed by atoms with Crippen molar-refractivity contribution in [3.05, 3.63) is 29.8 Å². The average Bonchev–Trinajstić information content (AvgIpc) is 2.36. The third-order valence-electron chi connectivity index (χ3n) is 2.35. The number of rotatable bonds is 7. The van der Waals surface area contributed by atoms with Crippen LogP contribution < -0.4 is 9.47 Å². The standard InChI is InChI=1S/C14H16O8/c1-7(15)21-11-5-3-4-9(13(11)22-8(2)16)10(14(19)20)6-12(17)18/h3-8,15-16H,1-2H3,(H,17,18)(H,19,20)/b10-6+. The van der Waals surface area contributed by atoms with Crippen LogP contribution in [0.2, 0.25) is 0 Å². The molecule has 1 rings (SSSR count). The normalized spacial score (nSPS) is 14.1. The molecule has 0 heterocycles. The summed E-state index contributed by atoms with van der Waals surface area (Å²) in [6, 6.07) is 4.09. The number of hydrogen-bond acceptors (Lipinski definition) is 6. The Labute approximate surface area is 125 Å². The molecule has 0 aliphatic carbocycles. The molecule has 8 heteroatoms. The van der Waals surface area contributed by atoms with E-state index >= 15 is 0 Å². The number of aliphatic hydroxyl groups is 2. The molecule has 1 aromatic rings. The Morgan fingerprint density at radius 3 is 2.14 bits per heavy atom. The number of benzene rings is 1. The van der Waals surface area contributed by atoms with Crippen LogP contribution in [0.15, 0.2) is 24.3 Å². The molecule has 0 saturated heterocycles. The fourth-order valence-electron chi connectivity index (χ4n) is 1.67. The highest BCUT2D eigenvalue weighted by molar-refractivity contribution is 6.20. The van der Waals surface area contributed by atoms with Gasteiger partial charge in [0.15, 0.2) is 24.1 Å². The Hall–Kier alpha value is -2.58. The molecule has 1 aromatic carbocycles. The molecule has 0 aliphatic heterocycles. The lowest BCUT2D eigenvalue weighted by molar-refractivity contribution is -0.133. The van der Waals surface area contributed by atoms with Gasteiger partial charge < -0.3 is 29.9 Å². The van der Waals surface area contributed by atoms with E-state index in [2.05, 4.69) is 0 Å². The summed E-state index contributed by atoms with van der Waals surface area (Å²) >= 11 is 0. The lowest BCUT2D eigenvalue weighted by Crippen LogP contribution is -2.16. The molecule has 0 aromatic heterocycles. The van der Waals surface area contributed by atoms with Gasteiger partial charge in [0.25, 0.3) is 0 Å². The monoisotopic (exact) mass is 312 g/mol. The summed E-state index contributed by atoms with van der Waals surface area (Å²) in [5.74, 6) is -3.17. The fourth-order valence-corrected chi connectivity index (χ4v) is 1.67. The molecule has 4 N–H and O–H groups in total. The molecule has 8 nitrogen and oxygen atoms in total. The second-order valence-electron chi connectivity index (χ2n) is 4.27. The van der Waals surface area contributed by atoms with Gasteiger partial charge in [-0.2, -0.15) is 0 Å². The van der Waals surface area contributed by atoms with Crippen molar-refractivity contribution in [1.29, 1.82) is 0 Å². The van der Waals surface area contributed by atoms with Crippen molar-refractivity contribution in [3.8, 4) is 11.5 Å². The van der Waals surface area contributed by atoms with Crippen molar-refractivity contribution in [2.75, 3.05) is 0 Å². The maximum absolute atomic E-state index is 11.3. The number of carboxylic acid groups (broad SMARTS) is 2. The quantitative estimate of drug-likeness (QED) is 0.426. The van der Waals surface area contributed by atoms with Gasteiger partial charge in [-0.1, -0.05) is 12.1 Å². The Bertz CT molecular complexity index is 589. The van der Waals surface area contributed by atoms with E-state index in [0.29, 0.717) is 6.08 Å². The lowest BCUT2D eigenvalue weighted by atomic mass is 10.0. The molecule has 0 amide bonds. The van der Waals surface area contributed by atoms with Crippen LogP contribution in [0, 0.1) is 0 Å². The molecule has 120 valence electrons. The van der Waals surface area contributed by atoms with E-state index in [4.69, 9.17) is 19.7 Å². The topological polar surface area (TPSA) is 134 Å². The van der Waals surface area contributed by atoms with Crippen LogP contribution in [-0.2, 0) is 9.59 Å². The molecular formula is C14H16O8. The summed E-state index contributed by atoms with van der Waals surface area (Å²) in [7, 11) is 0. The minimum absolute atomic E-state index is 0.0362. The van der Waals surface area contributed by atoms with Gasteiger partial charge in [-0.25, -0.2) is 9.59 Å². The van der Waals surface area contributed by atoms with E-state index < -0.39 is 30.1 Å². The second-order valence-corrected chi connectivity index (χ2v) is 4.27. The number of carboxylic acids is 2. The van der Waals surface area contributed by atoms with E-state index in [1.165, 1.54) is 32.0 Å². The van der Waals surface area contributed by atoms with Gasteiger partial charge in [-0.15, -0.1) is 0 Å². The minimum atomic E-state index is -1.49. The van der Waals surface area contributed by atoms with Gasteiger partial charge in [-0.05, 0) is 19.9 Å². The summed E-state index contributed by atoms with van der Waals surface area (Å²) in [5, 5.41) is 36.6. The van der Waals surface area contributed by atoms with Crippen LogP contribution in [0.3, 0.4) is 0 Å². The Kier molecular flexibility index (Phi) is 5.90. The number of aliphatic carboxylic acids is 2. The van der Waals surface area contributed by atoms with Crippen LogP contribution in [0.25, 0.3) is 5.57 Å². The van der Waals surface area contributed by atoms with Crippen molar-refractivity contribution in [3.63, 3.8) is 0 Å². The lowest BCUT2D eigenvalue weighted by Gasteiger charge is -2.19. The maximum atomic E-state index is 11.3. The average molecular weight is 312 g/mol. The molecule has 2 unspecified atom stereocenters. The Balaban J connectivity index is 3.50. The fraction of sp³-hybridized carbons (Fsp3) is 0.286. The number of aliphatic hydroxyl groups excluding tert-OH is 2. The number of hydrogen-bond donors (Lipinski definition) is 4. The van der Waals surface area contributed by atoms with Gasteiger partial charge in [0.2, 0.25) is 0 Å². The van der Waals surface area contributed by atoms with Crippen molar-refractivity contribution >= 4 is 17.5 Å². The zero-order valence-electron chi connectivity index (χ0n) is 11.9. The summed E-state index contributed by atoms with van der Waals surface area (Å²) in [5.41, 5.74) is -0.659. The first-order chi connectivity index (χ1) is 10.2. The summed E-state index contributed by atoms with van der Waals surface area (Å²) in [6.07, 6.45) is -2.03. The highest BCUT2D eigenvalue weighted by atomic mass is 16.6. The van der Waals surface area contributed by atoms with Crippen molar-refractivity contribution in [2.45, 2.75) is 26.4 Å². The molecular weight excluding hydrogens is 296 g/mol. The van der Waals surface area contributed by atoms with Gasteiger partial charge in [-0.3, -0.25) is 0 Å². The number of carbonyl (C=O) groups is 2. The first kappa shape index (κ1) is 17.5. The van der Waals surface area contributed by atoms with Crippen molar-refractivity contribution in [2.24, 2.45) is 0 Å². The van der Waals surface area contributed by atoms with E-state index in [9.17, 15) is 19.8 Å². The van der Waals surface area contributed by atoms with Gasteiger partial charge in [0.05, 0.1) is 5.57 Å². The van der Waals surface area contributed by atoms with E-state index in [1.54, 1.807) is 0 Å². The van der Waals surface area contributed by atoms with Gasteiger partial charge >= 0.3 is 11.9 Å². The molecule has 22 heavy (non-hydrogen) atoms. The molecule has 0 aliphatic rings. The van der Waals surface area contributed by atoms with E-state index in [0.717, 1.165) is 0 Å². The molecule has 0 fully saturated rings. The largest absolute Gasteiger partial charge is 0.478 e. The Morgan fingerprint density at radius 1 is 1.09 bits per heavy atom. The van der Waals surface area contributed by atoms with Gasteiger partial charge in [0, 0.05) is 11.6 Å². The SMILES string of the molecule is CC(O)Oc1cccc(/C(=C\C(=O)O)C(=O)O)c1OC(C)O. The highest BCUT2D eigenvalue weighted by Crippen LogP contribution is 2.36. The molecule has 0 radical (unpaired) electrons. The predicted molar refractivity (Wildman–Crippen MR) is 74.3 cm³/mol. The van der Waals surface area contributed by atoms with Crippen LogP contribution >= 0.6 is 0 Å². The van der Waals surface area contributed by atoms with Crippen molar-refractivity contribution < 1.29 is 39.5 Å². The molecule has 0 saturated carbocycles. The third-order valence-corrected chi connectivity index (χ3v) is 2.35. The highest BCUT2D eigenvalue weighted by Gasteiger charge is 2.22. The number of para-hydroxylation sites is 1. The minimum Gasteiger partial charge on any atom is -0.478 e. The smallest absolute Gasteiger partial charge is 0.336 e. The van der Waals surface area contributed by atoms with E-state index in [1.807, 2.05) is 0 Å².